The van der Waals surface area contributed by atoms with Crippen molar-refractivity contribution >= 4 is 22.9 Å². The van der Waals surface area contributed by atoms with E-state index < -0.39 is 17.5 Å². The highest BCUT2D eigenvalue weighted by Crippen LogP contribution is 2.32. The van der Waals surface area contributed by atoms with Gasteiger partial charge < -0.3 is 14.5 Å². The molecule has 2 aromatic heterocycles. The maximum atomic E-state index is 15.0. The zero-order valence-electron chi connectivity index (χ0n) is 20.5. The molecule has 10 heteroatoms. The largest absolute Gasteiger partial charge is 0.449 e. The molecule has 3 fully saturated rings. The summed E-state index contributed by atoms with van der Waals surface area (Å²) in [7, 11) is 0. The number of carbonyl (C=O) groups excluding carboxylic acids is 2. The van der Waals surface area contributed by atoms with Crippen LogP contribution in [-0.4, -0.2) is 69.4 Å². The fraction of sp³-hybridized carbons (Fsp3) is 0.481. The number of benzene rings is 1. The van der Waals surface area contributed by atoms with Crippen molar-refractivity contribution in [2.24, 2.45) is 5.92 Å². The van der Waals surface area contributed by atoms with Gasteiger partial charge >= 0.3 is 6.09 Å². The molecule has 2 saturated heterocycles. The second-order valence-electron chi connectivity index (χ2n) is 10.3. The number of amides is 2. The Balaban J connectivity index is 1.17. The van der Waals surface area contributed by atoms with Gasteiger partial charge in [-0.25, -0.2) is 13.6 Å². The summed E-state index contributed by atoms with van der Waals surface area (Å²) in [4.78, 5) is 32.6. The fourth-order valence-electron chi connectivity index (χ4n) is 5.24. The molecule has 0 bridgehead atoms. The van der Waals surface area contributed by atoms with Gasteiger partial charge in [0.05, 0.1) is 41.8 Å². The SMILES string of the molecule is O=C(OCC1CC1)N1CCC(n2ncc3cc(-c4cc(F)c(C(=O)N5CCCC5)cc4F)ncc32)CC1. The Morgan fingerprint density at radius 3 is 2.41 bits per heavy atom. The van der Waals surface area contributed by atoms with Crippen LogP contribution in [0.3, 0.4) is 0 Å². The molecule has 1 aromatic carbocycles. The molecule has 194 valence electrons. The number of pyridine rings is 1. The minimum absolute atomic E-state index is 0.00291. The van der Waals surface area contributed by atoms with Gasteiger partial charge in [0.1, 0.15) is 11.6 Å². The zero-order chi connectivity index (χ0) is 25.5. The van der Waals surface area contributed by atoms with Gasteiger partial charge in [0.15, 0.2) is 0 Å². The van der Waals surface area contributed by atoms with Crippen molar-refractivity contribution in [3.8, 4) is 11.3 Å². The van der Waals surface area contributed by atoms with Crippen LogP contribution in [0.25, 0.3) is 22.2 Å². The Labute approximate surface area is 213 Å². The molecular weight excluding hydrogens is 480 g/mol. The Bertz CT molecular complexity index is 1340. The van der Waals surface area contributed by atoms with Gasteiger partial charge in [-0.15, -0.1) is 0 Å². The number of nitrogens with zero attached hydrogens (tertiary/aromatic N) is 5. The van der Waals surface area contributed by atoms with Gasteiger partial charge in [-0.05, 0) is 62.6 Å². The number of hydrogen-bond acceptors (Lipinski definition) is 5. The number of halogens is 2. The average Bonchev–Trinajstić information content (AvgIpc) is 3.40. The highest BCUT2D eigenvalue weighted by molar-refractivity contribution is 5.95. The van der Waals surface area contributed by atoms with Crippen LogP contribution in [0.4, 0.5) is 13.6 Å². The van der Waals surface area contributed by atoms with Gasteiger partial charge in [-0.1, -0.05) is 0 Å². The molecule has 3 aliphatic rings. The maximum Gasteiger partial charge on any atom is 0.409 e. The summed E-state index contributed by atoms with van der Waals surface area (Å²) in [5, 5.41) is 5.29. The number of carbonyl (C=O) groups is 2. The lowest BCUT2D eigenvalue weighted by atomic mass is 10.0. The minimum atomic E-state index is -0.756. The Kier molecular flexibility index (Phi) is 6.26. The fourth-order valence-corrected chi connectivity index (χ4v) is 5.24. The van der Waals surface area contributed by atoms with E-state index in [-0.39, 0.29) is 29.0 Å². The molecular formula is C27H29F2N5O3. The van der Waals surface area contributed by atoms with E-state index in [2.05, 4.69) is 10.1 Å². The van der Waals surface area contributed by atoms with E-state index >= 15 is 4.39 Å². The van der Waals surface area contributed by atoms with E-state index in [4.69, 9.17) is 4.74 Å². The first-order chi connectivity index (χ1) is 18.0. The Morgan fingerprint density at radius 1 is 0.919 bits per heavy atom. The van der Waals surface area contributed by atoms with E-state index in [9.17, 15) is 14.0 Å². The molecule has 2 amide bonds. The third kappa shape index (κ3) is 4.76. The standard InChI is InChI=1S/C27H29F2N5O3/c28-22-13-21(26(35)32-7-1-2-8-32)23(29)12-20(22)24-11-18-14-31-34(25(18)15-30-24)19-5-9-33(10-6-19)27(36)37-16-17-3-4-17/h11-15,17,19H,1-10,16H2. The first kappa shape index (κ1) is 23.8. The summed E-state index contributed by atoms with van der Waals surface area (Å²) >= 11 is 0. The number of rotatable bonds is 5. The molecule has 0 spiro atoms. The molecule has 8 nitrogen and oxygen atoms in total. The molecule has 1 saturated carbocycles. The van der Waals surface area contributed by atoms with Crippen molar-refractivity contribution in [3.63, 3.8) is 0 Å². The maximum absolute atomic E-state index is 15.0. The first-order valence-electron chi connectivity index (χ1n) is 13.0. The molecule has 0 unspecified atom stereocenters. The van der Waals surface area contributed by atoms with Crippen LogP contribution in [0.1, 0.15) is 54.9 Å². The van der Waals surface area contributed by atoms with Crippen LogP contribution in [0, 0.1) is 17.6 Å². The van der Waals surface area contributed by atoms with Crippen LogP contribution in [0.15, 0.2) is 30.6 Å². The molecule has 2 aliphatic heterocycles. The number of fused-ring (bicyclic) bond motifs is 1. The summed E-state index contributed by atoms with van der Waals surface area (Å²) in [6.45, 7) is 2.82. The van der Waals surface area contributed by atoms with Crippen LogP contribution in [-0.2, 0) is 4.74 Å². The van der Waals surface area contributed by atoms with Crippen molar-refractivity contribution < 1.29 is 23.1 Å². The average molecular weight is 510 g/mol. The number of likely N-dealkylation sites (tertiary alicyclic amines) is 2. The van der Waals surface area contributed by atoms with Crippen molar-refractivity contribution in [2.45, 2.75) is 44.6 Å². The van der Waals surface area contributed by atoms with Gasteiger partial charge in [-0.3, -0.25) is 14.5 Å². The number of ether oxygens (including phenoxy) is 1. The summed E-state index contributed by atoms with van der Waals surface area (Å²) in [6.07, 6.45) is 8.57. The van der Waals surface area contributed by atoms with Crippen molar-refractivity contribution in [1.82, 2.24) is 24.6 Å². The Morgan fingerprint density at radius 2 is 1.68 bits per heavy atom. The number of aromatic nitrogens is 3. The van der Waals surface area contributed by atoms with Gasteiger partial charge in [0.25, 0.3) is 5.91 Å². The molecule has 0 N–H and O–H groups in total. The molecule has 37 heavy (non-hydrogen) atoms. The third-order valence-electron chi connectivity index (χ3n) is 7.65. The summed E-state index contributed by atoms with van der Waals surface area (Å²) < 4.78 is 37.2. The van der Waals surface area contributed by atoms with Gasteiger partial charge in [0.2, 0.25) is 0 Å². The van der Waals surface area contributed by atoms with E-state index in [0.29, 0.717) is 38.7 Å². The minimum Gasteiger partial charge on any atom is -0.449 e. The number of hydrogen-bond donors (Lipinski definition) is 0. The summed E-state index contributed by atoms with van der Waals surface area (Å²) in [5.41, 5.74) is 0.819. The van der Waals surface area contributed by atoms with Crippen molar-refractivity contribution in [2.75, 3.05) is 32.8 Å². The lowest BCUT2D eigenvalue weighted by Crippen LogP contribution is -2.39. The predicted octanol–water partition coefficient (Wildman–Crippen LogP) is 4.80. The molecule has 1 aliphatic carbocycles. The quantitative estimate of drug-likeness (QED) is 0.494. The normalized spacial score (nSPS) is 18.5. The van der Waals surface area contributed by atoms with Gasteiger partial charge in [0, 0.05) is 37.1 Å². The highest BCUT2D eigenvalue weighted by Gasteiger charge is 2.29. The number of piperidine rings is 1. The molecule has 3 aromatic rings. The lowest BCUT2D eigenvalue weighted by molar-refractivity contribution is 0.0786. The summed E-state index contributed by atoms with van der Waals surface area (Å²) in [5.74, 6) is -1.39. The molecule has 4 heterocycles. The van der Waals surface area contributed by atoms with Crippen molar-refractivity contribution in [3.05, 3.63) is 47.8 Å². The third-order valence-corrected chi connectivity index (χ3v) is 7.65. The first-order valence-corrected chi connectivity index (χ1v) is 13.0. The molecule has 0 atom stereocenters. The predicted molar refractivity (Wildman–Crippen MR) is 132 cm³/mol. The van der Waals surface area contributed by atoms with E-state index in [0.717, 1.165) is 61.6 Å². The highest BCUT2D eigenvalue weighted by atomic mass is 19.1. The Hall–Kier alpha value is -3.56. The van der Waals surface area contributed by atoms with E-state index in [1.807, 2.05) is 4.68 Å². The molecule has 0 radical (unpaired) electrons. The topological polar surface area (TPSA) is 80.6 Å². The smallest absolute Gasteiger partial charge is 0.409 e. The lowest BCUT2D eigenvalue weighted by Gasteiger charge is -2.31. The van der Waals surface area contributed by atoms with Crippen LogP contribution < -0.4 is 0 Å². The monoisotopic (exact) mass is 509 g/mol. The summed E-state index contributed by atoms with van der Waals surface area (Å²) in [6, 6.07) is 3.81. The van der Waals surface area contributed by atoms with Crippen LogP contribution in [0.2, 0.25) is 0 Å². The second kappa shape index (κ2) is 9.72. The van der Waals surface area contributed by atoms with Gasteiger partial charge in [-0.2, -0.15) is 5.10 Å². The molecule has 6 rings (SSSR count). The zero-order valence-corrected chi connectivity index (χ0v) is 20.5. The van der Waals surface area contributed by atoms with Crippen LogP contribution >= 0.6 is 0 Å². The second-order valence-corrected chi connectivity index (χ2v) is 10.3. The van der Waals surface area contributed by atoms with Crippen molar-refractivity contribution in [1.29, 1.82) is 0 Å². The van der Waals surface area contributed by atoms with Crippen LogP contribution in [0.5, 0.6) is 0 Å². The van der Waals surface area contributed by atoms with E-state index in [1.54, 1.807) is 28.3 Å². The van der Waals surface area contributed by atoms with E-state index in [1.165, 1.54) is 0 Å².